The molecule has 1 saturated heterocycles. The Labute approximate surface area is 154 Å². The molecule has 2 N–H and O–H groups in total. The quantitative estimate of drug-likeness (QED) is 0.880. The number of anilines is 2. The number of benzene rings is 2. The monoisotopic (exact) mass is 351 g/mol. The minimum atomic E-state index is -0.495. The highest BCUT2D eigenvalue weighted by molar-refractivity contribution is 6.02. The van der Waals surface area contributed by atoms with Crippen LogP contribution in [0.1, 0.15) is 30.0 Å². The molecule has 5 heteroatoms. The van der Waals surface area contributed by atoms with Gasteiger partial charge in [-0.15, -0.1) is 0 Å². The Kier molecular flexibility index (Phi) is 5.26. The van der Waals surface area contributed by atoms with Crippen LogP contribution >= 0.6 is 0 Å². The number of nitrogens with one attached hydrogen (secondary N) is 2. The summed E-state index contributed by atoms with van der Waals surface area (Å²) in [5.74, 6) is -0.0628. The van der Waals surface area contributed by atoms with Gasteiger partial charge in [0.25, 0.3) is 0 Å². The van der Waals surface area contributed by atoms with E-state index in [9.17, 15) is 9.59 Å². The fourth-order valence-corrected chi connectivity index (χ4v) is 3.23. The number of amides is 3. The van der Waals surface area contributed by atoms with Gasteiger partial charge in [0.15, 0.2) is 0 Å². The normalized spacial score (nSPS) is 16.7. The van der Waals surface area contributed by atoms with E-state index in [4.69, 9.17) is 0 Å². The molecule has 1 fully saturated rings. The molecule has 26 heavy (non-hydrogen) atoms. The molecule has 1 aliphatic rings. The van der Waals surface area contributed by atoms with Crippen LogP contribution in [0.2, 0.25) is 0 Å². The fourth-order valence-electron chi connectivity index (χ4n) is 3.23. The number of nitrogens with zero attached hydrogens (tertiary/aromatic N) is 1. The van der Waals surface area contributed by atoms with Gasteiger partial charge in [0, 0.05) is 17.9 Å². The number of aryl methyl sites for hydroxylation is 3. The molecule has 2 aromatic rings. The van der Waals surface area contributed by atoms with Crippen molar-refractivity contribution in [3.63, 3.8) is 0 Å². The fraction of sp³-hybridized carbons (Fsp3) is 0.333. The van der Waals surface area contributed by atoms with Crippen molar-refractivity contribution >= 4 is 23.3 Å². The summed E-state index contributed by atoms with van der Waals surface area (Å²) in [4.78, 5) is 26.8. The van der Waals surface area contributed by atoms with E-state index in [1.807, 2.05) is 63.2 Å². The van der Waals surface area contributed by atoms with E-state index in [0.717, 1.165) is 28.9 Å². The second-order valence-corrected chi connectivity index (χ2v) is 6.71. The summed E-state index contributed by atoms with van der Waals surface area (Å²) in [5, 5.41) is 5.67. The first-order chi connectivity index (χ1) is 12.5. The zero-order valence-electron chi connectivity index (χ0n) is 15.5. The molecule has 1 heterocycles. The number of rotatable bonds is 4. The smallest absolute Gasteiger partial charge is 0.319 e. The molecule has 0 unspecified atom stereocenters. The second kappa shape index (κ2) is 7.60. The maximum atomic E-state index is 12.7. The molecule has 0 spiro atoms. The van der Waals surface area contributed by atoms with Gasteiger partial charge >= 0.3 is 6.03 Å². The lowest BCUT2D eigenvalue weighted by atomic mass is 10.1. The molecule has 0 aromatic heterocycles. The van der Waals surface area contributed by atoms with Crippen LogP contribution in [-0.2, 0) is 11.2 Å². The summed E-state index contributed by atoms with van der Waals surface area (Å²) in [7, 11) is 0. The lowest BCUT2D eigenvalue weighted by Gasteiger charge is -2.19. The van der Waals surface area contributed by atoms with Gasteiger partial charge in [-0.05, 0) is 61.6 Å². The van der Waals surface area contributed by atoms with Crippen molar-refractivity contribution in [2.45, 2.75) is 39.7 Å². The molecule has 0 saturated carbocycles. The highest BCUT2D eigenvalue weighted by Gasteiger charge is 2.33. The zero-order chi connectivity index (χ0) is 18.7. The predicted octanol–water partition coefficient (Wildman–Crippen LogP) is 3.79. The van der Waals surface area contributed by atoms with Gasteiger partial charge in [0.05, 0.1) is 0 Å². The summed E-state index contributed by atoms with van der Waals surface area (Å²) in [6, 6.07) is 12.9. The van der Waals surface area contributed by atoms with Crippen LogP contribution in [0.15, 0.2) is 42.5 Å². The molecule has 5 nitrogen and oxygen atoms in total. The molecule has 1 atom stereocenters. The van der Waals surface area contributed by atoms with E-state index in [1.54, 1.807) is 4.90 Å². The van der Waals surface area contributed by atoms with Crippen molar-refractivity contribution in [2.75, 3.05) is 16.8 Å². The Morgan fingerprint density at radius 1 is 1.15 bits per heavy atom. The molecular weight excluding hydrogens is 326 g/mol. The molecular formula is C21H25N3O2. The van der Waals surface area contributed by atoms with E-state index in [2.05, 4.69) is 10.6 Å². The Morgan fingerprint density at radius 3 is 2.65 bits per heavy atom. The van der Waals surface area contributed by atoms with Crippen molar-refractivity contribution in [1.29, 1.82) is 0 Å². The van der Waals surface area contributed by atoms with Crippen molar-refractivity contribution in [1.82, 2.24) is 5.32 Å². The number of carbonyl (C=O) groups excluding carboxylic acids is 2. The third-order valence-corrected chi connectivity index (χ3v) is 4.96. The van der Waals surface area contributed by atoms with Crippen LogP contribution < -0.4 is 15.5 Å². The maximum Gasteiger partial charge on any atom is 0.319 e. The largest absolute Gasteiger partial charge is 0.326 e. The van der Waals surface area contributed by atoms with Gasteiger partial charge in [-0.2, -0.15) is 0 Å². The first-order valence-corrected chi connectivity index (χ1v) is 9.03. The Hall–Kier alpha value is -2.82. The van der Waals surface area contributed by atoms with Crippen molar-refractivity contribution in [3.05, 3.63) is 59.2 Å². The SMILES string of the molecule is CCc1ccccc1NC(=O)N[C@@H]1CCN(c2ccc(C)c(C)c2)C1=O. The molecule has 2 aromatic carbocycles. The number of para-hydroxylation sites is 1. The summed E-state index contributed by atoms with van der Waals surface area (Å²) in [6.45, 7) is 6.74. The first kappa shape index (κ1) is 18.0. The van der Waals surface area contributed by atoms with Gasteiger partial charge in [-0.1, -0.05) is 31.2 Å². The lowest BCUT2D eigenvalue weighted by Crippen LogP contribution is -2.43. The van der Waals surface area contributed by atoms with E-state index < -0.39 is 6.04 Å². The van der Waals surface area contributed by atoms with E-state index in [-0.39, 0.29) is 11.9 Å². The third kappa shape index (κ3) is 3.72. The Morgan fingerprint density at radius 2 is 1.92 bits per heavy atom. The minimum absolute atomic E-state index is 0.0628. The van der Waals surface area contributed by atoms with E-state index >= 15 is 0 Å². The summed E-state index contributed by atoms with van der Waals surface area (Å²) >= 11 is 0. The molecule has 0 bridgehead atoms. The van der Waals surface area contributed by atoms with Crippen LogP contribution in [-0.4, -0.2) is 24.5 Å². The summed E-state index contributed by atoms with van der Waals surface area (Å²) in [6.07, 6.45) is 1.44. The van der Waals surface area contributed by atoms with Gasteiger partial charge < -0.3 is 15.5 Å². The third-order valence-electron chi connectivity index (χ3n) is 4.96. The number of urea groups is 1. The Balaban J connectivity index is 1.65. The minimum Gasteiger partial charge on any atom is -0.326 e. The van der Waals surface area contributed by atoms with E-state index in [1.165, 1.54) is 5.56 Å². The second-order valence-electron chi connectivity index (χ2n) is 6.71. The van der Waals surface area contributed by atoms with Gasteiger partial charge in [-0.3, -0.25) is 4.79 Å². The summed E-state index contributed by atoms with van der Waals surface area (Å²) < 4.78 is 0. The van der Waals surface area contributed by atoms with Crippen molar-refractivity contribution in [2.24, 2.45) is 0 Å². The van der Waals surface area contributed by atoms with Crippen LogP contribution in [0.3, 0.4) is 0 Å². The van der Waals surface area contributed by atoms with Crippen LogP contribution in [0.25, 0.3) is 0 Å². The average Bonchev–Trinajstić information content (AvgIpc) is 2.98. The molecule has 1 aliphatic heterocycles. The molecule has 0 radical (unpaired) electrons. The standard InChI is InChI=1S/C21H25N3O2/c1-4-16-7-5-6-8-18(16)22-21(26)23-19-11-12-24(20(19)25)17-10-9-14(2)15(3)13-17/h5-10,13,19H,4,11-12H2,1-3H3,(H2,22,23,26)/t19-/m1/s1. The number of hydrogen-bond acceptors (Lipinski definition) is 2. The van der Waals surface area contributed by atoms with Gasteiger partial charge in [0.2, 0.25) is 5.91 Å². The molecule has 0 aliphatic carbocycles. The van der Waals surface area contributed by atoms with Gasteiger partial charge in [0.1, 0.15) is 6.04 Å². The van der Waals surface area contributed by atoms with Crippen LogP contribution in [0.4, 0.5) is 16.2 Å². The first-order valence-electron chi connectivity index (χ1n) is 9.03. The van der Waals surface area contributed by atoms with Crippen LogP contribution in [0.5, 0.6) is 0 Å². The molecule has 136 valence electrons. The molecule has 3 amide bonds. The Bertz CT molecular complexity index is 832. The van der Waals surface area contributed by atoms with Gasteiger partial charge in [-0.25, -0.2) is 4.79 Å². The number of carbonyl (C=O) groups is 2. The van der Waals surface area contributed by atoms with Crippen molar-refractivity contribution in [3.8, 4) is 0 Å². The average molecular weight is 351 g/mol. The predicted molar refractivity (Wildman–Crippen MR) is 105 cm³/mol. The molecule has 3 rings (SSSR count). The van der Waals surface area contributed by atoms with Crippen molar-refractivity contribution < 1.29 is 9.59 Å². The highest BCUT2D eigenvalue weighted by atomic mass is 16.2. The maximum absolute atomic E-state index is 12.7. The lowest BCUT2D eigenvalue weighted by molar-refractivity contribution is -0.118. The van der Waals surface area contributed by atoms with E-state index in [0.29, 0.717) is 13.0 Å². The highest BCUT2D eigenvalue weighted by Crippen LogP contribution is 2.24. The number of hydrogen-bond donors (Lipinski definition) is 2. The topological polar surface area (TPSA) is 61.4 Å². The summed E-state index contributed by atoms with van der Waals surface area (Å²) in [5.41, 5.74) is 5.09. The van der Waals surface area contributed by atoms with Crippen LogP contribution in [0, 0.1) is 13.8 Å². The zero-order valence-corrected chi connectivity index (χ0v) is 15.5.